The van der Waals surface area contributed by atoms with Gasteiger partial charge in [-0.1, -0.05) is 0 Å². The van der Waals surface area contributed by atoms with Crippen molar-refractivity contribution in [1.29, 1.82) is 0 Å². The number of amides is 2. The highest BCUT2D eigenvalue weighted by molar-refractivity contribution is 5.95. The molecule has 2 rings (SSSR count). The third kappa shape index (κ3) is 4.04. The first-order chi connectivity index (χ1) is 9.69. The summed E-state index contributed by atoms with van der Waals surface area (Å²) in [5, 5.41) is 5.52. The average molecular weight is 277 g/mol. The summed E-state index contributed by atoms with van der Waals surface area (Å²) in [6.45, 7) is 0.964. The van der Waals surface area contributed by atoms with Gasteiger partial charge in [0.25, 0.3) is 5.91 Å². The van der Waals surface area contributed by atoms with E-state index in [0.29, 0.717) is 24.5 Å². The summed E-state index contributed by atoms with van der Waals surface area (Å²) < 4.78 is 5.31. The Balaban J connectivity index is 1.87. The lowest BCUT2D eigenvalue weighted by molar-refractivity contribution is -0.124. The normalized spacial score (nSPS) is 17.8. The van der Waals surface area contributed by atoms with E-state index in [1.165, 1.54) is 0 Å². The zero-order chi connectivity index (χ0) is 14.4. The maximum atomic E-state index is 11.8. The van der Waals surface area contributed by atoms with Crippen LogP contribution in [-0.2, 0) is 14.3 Å². The summed E-state index contributed by atoms with van der Waals surface area (Å²) in [4.78, 5) is 23.2. The van der Waals surface area contributed by atoms with Crippen molar-refractivity contribution in [1.82, 2.24) is 0 Å². The molecule has 1 aromatic carbocycles. The van der Waals surface area contributed by atoms with E-state index in [9.17, 15) is 9.59 Å². The van der Waals surface area contributed by atoms with E-state index in [-0.39, 0.29) is 24.3 Å². The number of nitrogens with two attached hydrogens (primary N) is 1. The second kappa shape index (κ2) is 7.02. The zero-order valence-corrected chi connectivity index (χ0v) is 11.2. The minimum Gasteiger partial charge on any atom is -0.368 e. The van der Waals surface area contributed by atoms with E-state index in [0.717, 1.165) is 12.8 Å². The number of hydrogen-bond acceptors (Lipinski definition) is 4. The van der Waals surface area contributed by atoms with Crippen LogP contribution in [0, 0.1) is 0 Å². The van der Waals surface area contributed by atoms with Gasteiger partial charge in [-0.25, -0.2) is 0 Å². The van der Waals surface area contributed by atoms with Crippen LogP contribution in [0.25, 0.3) is 0 Å². The lowest BCUT2D eigenvalue weighted by atomic mass is 10.2. The number of nitrogens with one attached hydrogen (secondary N) is 2. The number of anilines is 2. The van der Waals surface area contributed by atoms with Crippen LogP contribution in [0.4, 0.5) is 11.4 Å². The molecule has 1 aliphatic rings. The van der Waals surface area contributed by atoms with E-state index < -0.39 is 0 Å². The molecule has 0 aromatic heterocycles. The predicted octanol–water partition coefficient (Wildman–Crippen LogP) is 1.09. The molecule has 0 radical (unpaired) electrons. The molecule has 4 N–H and O–H groups in total. The SMILES string of the molecule is NCCC(=O)Nc1ccc(NC(=O)C2CCCO2)cc1. The van der Waals surface area contributed by atoms with Crippen LogP contribution in [0.5, 0.6) is 0 Å². The Bertz CT molecular complexity index is 467. The van der Waals surface area contributed by atoms with Crippen molar-refractivity contribution in [3.8, 4) is 0 Å². The fourth-order valence-corrected chi connectivity index (χ4v) is 2.00. The Hall–Kier alpha value is -1.92. The minimum absolute atomic E-state index is 0.122. The monoisotopic (exact) mass is 277 g/mol. The molecule has 1 aliphatic heterocycles. The van der Waals surface area contributed by atoms with Gasteiger partial charge in [0.2, 0.25) is 5.91 Å². The molecule has 0 spiro atoms. The summed E-state index contributed by atoms with van der Waals surface area (Å²) in [6, 6.07) is 6.95. The first kappa shape index (κ1) is 14.5. The van der Waals surface area contributed by atoms with Gasteiger partial charge in [0.1, 0.15) is 6.10 Å². The minimum atomic E-state index is -0.348. The third-order valence-corrected chi connectivity index (χ3v) is 3.03. The predicted molar refractivity (Wildman–Crippen MR) is 76.3 cm³/mol. The molecule has 1 fully saturated rings. The van der Waals surface area contributed by atoms with Gasteiger partial charge >= 0.3 is 0 Å². The molecule has 1 aromatic rings. The van der Waals surface area contributed by atoms with Crippen molar-refractivity contribution in [2.75, 3.05) is 23.8 Å². The van der Waals surface area contributed by atoms with Crippen LogP contribution < -0.4 is 16.4 Å². The van der Waals surface area contributed by atoms with Crippen molar-refractivity contribution in [3.63, 3.8) is 0 Å². The Morgan fingerprint density at radius 1 is 1.20 bits per heavy atom. The Morgan fingerprint density at radius 2 is 1.85 bits per heavy atom. The highest BCUT2D eigenvalue weighted by Crippen LogP contribution is 2.17. The maximum Gasteiger partial charge on any atom is 0.253 e. The molecular formula is C14H19N3O3. The second-order valence-corrected chi connectivity index (χ2v) is 4.66. The second-order valence-electron chi connectivity index (χ2n) is 4.66. The number of benzene rings is 1. The van der Waals surface area contributed by atoms with E-state index in [1.54, 1.807) is 24.3 Å². The fraction of sp³-hybridized carbons (Fsp3) is 0.429. The smallest absolute Gasteiger partial charge is 0.253 e. The quantitative estimate of drug-likeness (QED) is 0.751. The molecule has 1 atom stereocenters. The van der Waals surface area contributed by atoms with Crippen LogP contribution in [-0.4, -0.2) is 31.1 Å². The summed E-state index contributed by atoms with van der Waals surface area (Å²) in [5.41, 5.74) is 6.66. The zero-order valence-electron chi connectivity index (χ0n) is 11.2. The number of rotatable bonds is 5. The standard InChI is InChI=1S/C14H19N3O3/c15-8-7-13(18)16-10-3-5-11(6-4-10)17-14(19)12-2-1-9-20-12/h3-6,12H,1-2,7-9,15H2,(H,16,18)(H,17,19). The number of carbonyl (C=O) groups excluding carboxylic acids is 2. The topological polar surface area (TPSA) is 93.5 Å². The summed E-state index contributed by atoms with van der Waals surface area (Å²) in [5.74, 6) is -0.244. The van der Waals surface area contributed by atoms with Gasteiger partial charge in [0.15, 0.2) is 0 Å². The van der Waals surface area contributed by atoms with Gasteiger partial charge in [-0.05, 0) is 37.1 Å². The van der Waals surface area contributed by atoms with Crippen LogP contribution in [0.15, 0.2) is 24.3 Å². The van der Waals surface area contributed by atoms with Crippen LogP contribution in [0.2, 0.25) is 0 Å². The molecule has 0 bridgehead atoms. The summed E-state index contributed by atoms with van der Waals surface area (Å²) in [6.07, 6.45) is 1.62. The van der Waals surface area contributed by atoms with Gasteiger partial charge < -0.3 is 21.1 Å². The molecule has 0 saturated carbocycles. The first-order valence-electron chi connectivity index (χ1n) is 6.71. The molecule has 1 unspecified atom stereocenters. The lowest BCUT2D eigenvalue weighted by Gasteiger charge is -2.11. The van der Waals surface area contributed by atoms with Crippen LogP contribution in [0.3, 0.4) is 0 Å². The summed E-state index contributed by atoms with van der Waals surface area (Å²) in [7, 11) is 0. The molecule has 6 heteroatoms. The molecule has 1 saturated heterocycles. The first-order valence-corrected chi connectivity index (χ1v) is 6.71. The van der Waals surface area contributed by atoms with Crippen LogP contribution >= 0.6 is 0 Å². The Morgan fingerprint density at radius 3 is 2.40 bits per heavy atom. The highest BCUT2D eigenvalue weighted by atomic mass is 16.5. The number of carbonyl (C=O) groups is 2. The average Bonchev–Trinajstić information content (AvgIpc) is 2.95. The van der Waals surface area contributed by atoms with Crippen LogP contribution in [0.1, 0.15) is 19.3 Å². The lowest BCUT2D eigenvalue weighted by Crippen LogP contribution is -2.26. The summed E-state index contributed by atoms with van der Waals surface area (Å²) >= 11 is 0. The van der Waals surface area contributed by atoms with Crippen molar-refractivity contribution < 1.29 is 14.3 Å². The molecule has 108 valence electrons. The van der Waals surface area contributed by atoms with Gasteiger partial charge in [0, 0.05) is 30.9 Å². The molecular weight excluding hydrogens is 258 g/mol. The van der Waals surface area contributed by atoms with E-state index >= 15 is 0 Å². The van der Waals surface area contributed by atoms with E-state index in [2.05, 4.69) is 10.6 Å². The van der Waals surface area contributed by atoms with Gasteiger partial charge in [-0.15, -0.1) is 0 Å². The van der Waals surface area contributed by atoms with Gasteiger partial charge in [-0.3, -0.25) is 9.59 Å². The largest absolute Gasteiger partial charge is 0.368 e. The maximum absolute atomic E-state index is 11.8. The Kier molecular flexibility index (Phi) is 5.09. The molecule has 6 nitrogen and oxygen atoms in total. The van der Waals surface area contributed by atoms with E-state index in [4.69, 9.17) is 10.5 Å². The third-order valence-electron chi connectivity index (χ3n) is 3.03. The number of ether oxygens (including phenoxy) is 1. The Labute approximate surface area is 117 Å². The van der Waals surface area contributed by atoms with Gasteiger partial charge in [-0.2, -0.15) is 0 Å². The van der Waals surface area contributed by atoms with Crippen molar-refractivity contribution in [3.05, 3.63) is 24.3 Å². The number of hydrogen-bond donors (Lipinski definition) is 3. The van der Waals surface area contributed by atoms with Crippen molar-refractivity contribution in [2.24, 2.45) is 5.73 Å². The highest BCUT2D eigenvalue weighted by Gasteiger charge is 2.23. The molecule has 2 amide bonds. The van der Waals surface area contributed by atoms with Gasteiger partial charge in [0.05, 0.1) is 0 Å². The molecule has 1 heterocycles. The molecule has 0 aliphatic carbocycles. The molecule has 20 heavy (non-hydrogen) atoms. The van der Waals surface area contributed by atoms with Crippen molar-refractivity contribution in [2.45, 2.75) is 25.4 Å². The van der Waals surface area contributed by atoms with E-state index in [1.807, 2.05) is 0 Å². The fourth-order valence-electron chi connectivity index (χ4n) is 2.00. The van der Waals surface area contributed by atoms with Crippen molar-refractivity contribution >= 4 is 23.2 Å².